The van der Waals surface area contributed by atoms with E-state index >= 15 is 0 Å². The lowest BCUT2D eigenvalue weighted by atomic mass is 10.3. The number of methoxy groups -OCH3 is 1. The minimum atomic E-state index is 0.0187. The third-order valence-electron chi connectivity index (χ3n) is 2.22. The van der Waals surface area contributed by atoms with Gasteiger partial charge in [-0.25, -0.2) is 0 Å². The Hall–Kier alpha value is -1.62. The van der Waals surface area contributed by atoms with E-state index in [9.17, 15) is 4.79 Å². The van der Waals surface area contributed by atoms with E-state index in [0.717, 1.165) is 17.3 Å². The Morgan fingerprint density at radius 2 is 2.05 bits per heavy atom. The van der Waals surface area contributed by atoms with Gasteiger partial charge in [-0.1, -0.05) is 6.08 Å². The van der Waals surface area contributed by atoms with Crippen molar-refractivity contribution in [3.63, 3.8) is 0 Å². The van der Waals surface area contributed by atoms with E-state index in [1.165, 1.54) is 11.8 Å². The summed E-state index contributed by atoms with van der Waals surface area (Å²) in [7, 11) is 1.62. The lowest BCUT2D eigenvalue weighted by Crippen LogP contribution is -2.29. The van der Waals surface area contributed by atoms with E-state index in [0.29, 0.717) is 18.9 Å². The Morgan fingerprint density at radius 3 is 2.68 bits per heavy atom. The molecule has 5 heteroatoms. The van der Waals surface area contributed by atoms with Crippen LogP contribution in [0, 0.1) is 0 Å². The lowest BCUT2D eigenvalue weighted by Gasteiger charge is -2.08. The summed E-state index contributed by atoms with van der Waals surface area (Å²) in [6, 6.07) is 7.33. The second-order valence-electron chi connectivity index (χ2n) is 3.68. The highest BCUT2D eigenvalue weighted by Gasteiger charge is 2.00. The van der Waals surface area contributed by atoms with Gasteiger partial charge in [-0.3, -0.25) is 4.79 Å². The fourth-order valence-corrected chi connectivity index (χ4v) is 1.89. The molecule has 0 radical (unpaired) electrons. The van der Waals surface area contributed by atoms with Crippen LogP contribution in [0.25, 0.3) is 0 Å². The van der Waals surface area contributed by atoms with Gasteiger partial charge < -0.3 is 14.8 Å². The Bertz CT molecular complexity index is 392. The number of benzene rings is 1. The molecule has 0 heterocycles. The van der Waals surface area contributed by atoms with Crippen LogP contribution in [0.2, 0.25) is 0 Å². The van der Waals surface area contributed by atoms with Crippen molar-refractivity contribution in [3.05, 3.63) is 36.9 Å². The summed E-state index contributed by atoms with van der Waals surface area (Å²) >= 11 is 1.54. The molecule has 0 bridgehead atoms. The van der Waals surface area contributed by atoms with Crippen LogP contribution < -0.4 is 14.8 Å². The van der Waals surface area contributed by atoms with Crippen molar-refractivity contribution in [1.29, 1.82) is 0 Å². The standard InChI is InChI=1S/C14H19NO3S/c1-3-10-19-11-14(16)15-8-9-18-13-6-4-12(17-2)5-7-13/h3-7H,1,8-11H2,2H3,(H,15,16). The molecule has 0 unspecified atom stereocenters. The smallest absolute Gasteiger partial charge is 0.230 e. The highest BCUT2D eigenvalue weighted by Crippen LogP contribution is 2.16. The first-order chi connectivity index (χ1) is 9.26. The topological polar surface area (TPSA) is 47.6 Å². The van der Waals surface area contributed by atoms with Crippen molar-refractivity contribution in [2.45, 2.75) is 0 Å². The highest BCUT2D eigenvalue weighted by molar-refractivity contribution is 8.00. The molecule has 1 aromatic rings. The van der Waals surface area contributed by atoms with E-state index in [1.807, 2.05) is 24.3 Å². The minimum Gasteiger partial charge on any atom is -0.497 e. The quantitative estimate of drug-likeness (QED) is 0.556. The fourth-order valence-electron chi connectivity index (χ4n) is 1.32. The summed E-state index contributed by atoms with van der Waals surface area (Å²) in [5.74, 6) is 2.81. The van der Waals surface area contributed by atoms with Crippen molar-refractivity contribution in [1.82, 2.24) is 5.32 Å². The summed E-state index contributed by atoms with van der Waals surface area (Å²) in [4.78, 5) is 11.4. The molecule has 0 saturated carbocycles. The van der Waals surface area contributed by atoms with Gasteiger partial charge in [0.1, 0.15) is 18.1 Å². The summed E-state index contributed by atoms with van der Waals surface area (Å²) < 4.78 is 10.5. The maximum absolute atomic E-state index is 11.4. The third-order valence-corrected chi connectivity index (χ3v) is 3.16. The van der Waals surface area contributed by atoms with Crippen molar-refractivity contribution in [2.75, 3.05) is 31.8 Å². The number of hydrogen-bond acceptors (Lipinski definition) is 4. The van der Waals surface area contributed by atoms with Gasteiger partial charge in [0.15, 0.2) is 0 Å². The monoisotopic (exact) mass is 281 g/mol. The number of amides is 1. The zero-order chi connectivity index (χ0) is 13.9. The van der Waals surface area contributed by atoms with Gasteiger partial charge in [-0.2, -0.15) is 0 Å². The first-order valence-corrected chi connectivity index (χ1v) is 7.14. The molecular weight excluding hydrogens is 262 g/mol. The van der Waals surface area contributed by atoms with E-state index < -0.39 is 0 Å². The average Bonchev–Trinajstić information content (AvgIpc) is 2.44. The Kier molecular flexibility index (Phi) is 7.58. The van der Waals surface area contributed by atoms with Crippen molar-refractivity contribution < 1.29 is 14.3 Å². The molecule has 1 amide bonds. The minimum absolute atomic E-state index is 0.0187. The van der Waals surface area contributed by atoms with Crippen LogP contribution in [0.4, 0.5) is 0 Å². The molecule has 1 rings (SSSR count). The molecule has 0 saturated heterocycles. The van der Waals surface area contributed by atoms with Gasteiger partial charge in [0.05, 0.1) is 19.4 Å². The lowest BCUT2D eigenvalue weighted by molar-refractivity contribution is -0.118. The number of rotatable bonds is 9. The second kappa shape index (κ2) is 9.33. The molecule has 0 atom stereocenters. The number of carbonyl (C=O) groups is 1. The highest BCUT2D eigenvalue weighted by atomic mass is 32.2. The van der Waals surface area contributed by atoms with Crippen LogP contribution in [0.15, 0.2) is 36.9 Å². The van der Waals surface area contributed by atoms with Crippen molar-refractivity contribution >= 4 is 17.7 Å². The summed E-state index contributed by atoms with van der Waals surface area (Å²) in [5.41, 5.74) is 0. The fraction of sp³-hybridized carbons (Fsp3) is 0.357. The largest absolute Gasteiger partial charge is 0.497 e. The molecule has 4 nitrogen and oxygen atoms in total. The summed E-state index contributed by atoms with van der Waals surface area (Å²) in [5, 5.41) is 2.79. The van der Waals surface area contributed by atoms with Crippen LogP contribution in [0.1, 0.15) is 0 Å². The van der Waals surface area contributed by atoms with Gasteiger partial charge in [0.25, 0.3) is 0 Å². The predicted octanol–water partition coefficient (Wildman–Crippen LogP) is 2.11. The average molecular weight is 281 g/mol. The molecule has 1 aromatic carbocycles. The van der Waals surface area contributed by atoms with Crippen molar-refractivity contribution in [3.8, 4) is 11.5 Å². The molecule has 104 valence electrons. The Labute approximate surface area is 118 Å². The maximum Gasteiger partial charge on any atom is 0.230 e. The van der Waals surface area contributed by atoms with Gasteiger partial charge in [0, 0.05) is 5.75 Å². The van der Waals surface area contributed by atoms with E-state index in [-0.39, 0.29) is 5.91 Å². The van der Waals surface area contributed by atoms with Gasteiger partial charge in [0.2, 0.25) is 5.91 Å². The molecular formula is C14H19NO3S. The maximum atomic E-state index is 11.4. The van der Waals surface area contributed by atoms with Crippen LogP contribution in [-0.2, 0) is 4.79 Å². The van der Waals surface area contributed by atoms with Crippen LogP contribution >= 0.6 is 11.8 Å². The summed E-state index contributed by atoms with van der Waals surface area (Å²) in [6.45, 7) is 4.55. The number of ether oxygens (including phenoxy) is 2. The van der Waals surface area contributed by atoms with Gasteiger partial charge >= 0.3 is 0 Å². The SMILES string of the molecule is C=CCSCC(=O)NCCOc1ccc(OC)cc1. The first-order valence-electron chi connectivity index (χ1n) is 5.98. The zero-order valence-electron chi connectivity index (χ0n) is 11.1. The molecule has 0 aliphatic carbocycles. The Balaban J connectivity index is 2.12. The number of hydrogen-bond donors (Lipinski definition) is 1. The molecule has 0 fully saturated rings. The number of carbonyl (C=O) groups excluding carboxylic acids is 1. The molecule has 1 N–H and O–H groups in total. The summed E-state index contributed by atoms with van der Waals surface area (Å²) in [6.07, 6.45) is 1.78. The molecule has 0 aromatic heterocycles. The molecule has 0 aliphatic heterocycles. The van der Waals surface area contributed by atoms with E-state index in [4.69, 9.17) is 9.47 Å². The molecule has 19 heavy (non-hydrogen) atoms. The van der Waals surface area contributed by atoms with E-state index in [1.54, 1.807) is 13.2 Å². The van der Waals surface area contributed by atoms with Crippen LogP contribution in [-0.4, -0.2) is 37.7 Å². The molecule has 0 aliphatic rings. The third kappa shape index (κ3) is 6.76. The van der Waals surface area contributed by atoms with Crippen molar-refractivity contribution in [2.24, 2.45) is 0 Å². The Morgan fingerprint density at radius 1 is 1.37 bits per heavy atom. The van der Waals surface area contributed by atoms with Crippen LogP contribution in [0.5, 0.6) is 11.5 Å². The second-order valence-corrected chi connectivity index (χ2v) is 4.71. The molecule has 0 spiro atoms. The number of thioether (sulfide) groups is 1. The zero-order valence-corrected chi connectivity index (χ0v) is 11.9. The normalized spacial score (nSPS) is 9.74. The van der Waals surface area contributed by atoms with Gasteiger partial charge in [-0.05, 0) is 24.3 Å². The van der Waals surface area contributed by atoms with E-state index in [2.05, 4.69) is 11.9 Å². The predicted molar refractivity (Wildman–Crippen MR) is 79.0 cm³/mol. The first kappa shape index (κ1) is 15.4. The van der Waals surface area contributed by atoms with Gasteiger partial charge in [-0.15, -0.1) is 18.3 Å². The van der Waals surface area contributed by atoms with Crippen LogP contribution in [0.3, 0.4) is 0 Å². The number of nitrogens with one attached hydrogen (secondary N) is 1.